The molecule has 3 nitrogen and oxygen atoms in total. The molecule has 0 fully saturated rings. The van der Waals surface area contributed by atoms with Crippen molar-refractivity contribution in [1.29, 1.82) is 0 Å². The van der Waals surface area contributed by atoms with Crippen molar-refractivity contribution in [2.75, 3.05) is 0 Å². The van der Waals surface area contributed by atoms with Crippen molar-refractivity contribution in [3.05, 3.63) is 71.8 Å². The highest BCUT2D eigenvalue weighted by Gasteiger charge is 2.43. The molecule has 2 aromatic carbocycles. The molecule has 164 valence electrons. The third-order valence-corrected chi connectivity index (χ3v) is 5.46. The highest BCUT2D eigenvalue weighted by atomic mass is 35.5. The maximum absolute atomic E-state index is 14.5. The van der Waals surface area contributed by atoms with E-state index >= 15 is 0 Å². The summed E-state index contributed by atoms with van der Waals surface area (Å²) < 4.78 is 33.1. The summed E-state index contributed by atoms with van der Waals surface area (Å²) in [5, 5.41) is -0.191. The lowest BCUT2D eigenvalue weighted by Gasteiger charge is -2.25. The Morgan fingerprint density at radius 1 is 1.03 bits per heavy atom. The number of carbonyl (C=O) groups excluding carboxylic acids is 1. The molecule has 0 spiro atoms. The van der Waals surface area contributed by atoms with Crippen molar-refractivity contribution in [2.45, 2.75) is 57.6 Å². The van der Waals surface area contributed by atoms with E-state index < -0.39 is 18.1 Å². The second-order valence-electron chi connectivity index (χ2n) is 7.65. The summed E-state index contributed by atoms with van der Waals surface area (Å²) in [4.78, 5) is 15.5. The van der Waals surface area contributed by atoms with Gasteiger partial charge < -0.3 is 4.74 Å². The first-order valence-corrected chi connectivity index (χ1v) is 11.0. The van der Waals surface area contributed by atoms with Crippen molar-refractivity contribution in [3.8, 4) is 11.1 Å². The number of unbranched alkanes of at least 4 members (excludes halogenated alkanes) is 4. The standard InChI is InChI=1S/C25H26ClF2NO2/c1-2-3-4-5-6-7-18-8-10-19(11-9-18)20-12-14-21(15-13-20)23(30)31-25(28)17-16-22(26)29-24(25)27/h8-17,24H,2-7H2,1H3. The highest BCUT2D eigenvalue weighted by Crippen LogP contribution is 2.30. The lowest BCUT2D eigenvalue weighted by atomic mass is 10.00. The van der Waals surface area contributed by atoms with Gasteiger partial charge in [0.05, 0.1) is 5.56 Å². The van der Waals surface area contributed by atoms with Gasteiger partial charge in [-0.25, -0.2) is 14.2 Å². The molecule has 1 aliphatic rings. The van der Waals surface area contributed by atoms with E-state index in [9.17, 15) is 13.6 Å². The number of hydrogen-bond donors (Lipinski definition) is 0. The molecule has 0 aliphatic carbocycles. The van der Waals surface area contributed by atoms with Gasteiger partial charge in [-0.05, 0) is 53.8 Å². The fourth-order valence-electron chi connectivity index (χ4n) is 3.38. The Kier molecular flexibility index (Phi) is 7.97. The third kappa shape index (κ3) is 6.23. The number of aliphatic imine (C=N–C) groups is 1. The fourth-order valence-corrected chi connectivity index (χ4v) is 3.53. The summed E-state index contributed by atoms with van der Waals surface area (Å²) in [6, 6.07) is 14.9. The molecule has 1 aliphatic heterocycles. The lowest BCUT2D eigenvalue weighted by Crippen LogP contribution is -2.39. The van der Waals surface area contributed by atoms with Crippen LogP contribution in [0.4, 0.5) is 8.78 Å². The van der Waals surface area contributed by atoms with E-state index in [0.717, 1.165) is 29.7 Å². The normalized spacial score (nSPS) is 20.4. The molecule has 0 aromatic heterocycles. The molecule has 0 N–H and O–H groups in total. The lowest BCUT2D eigenvalue weighted by molar-refractivity contribution is -0.112. The van der Waals surface area contributed by atoms with E-state index in [1.165, 1.54) is 49.8 Å². The van der Waals surface area contributed by atoms with Crippen molar-refractivity contribution in [1.82, 2.24) is 0 Å². The minimum atomic E-state index is -2.97. The van der Waals surface area contributed by atoms with Crippen molar-refractivity contribution in [3.63, 3.8) is 0 Å². The summed E-state index contributed by atoms with van der Waals surface area (Å²) >= 11 is 5.54. The van der Waals surface area contributed by atoms with Crippen LogP contribution in [-0.2, 0) is 11.2 Å². The van der Waals surface area contributed by atoms with Gasteiger partial charge in [0.2, 0.25) is 0 Å². The molecule has 0 saturated heterocycles. The summed E-state index contributed by atoms with van der Waals surface area (Å²) in [6.07, 6.45) is 6.75. The smallest absolute Gasteiger partial charge is 0.341 e. The first-order chi connectivity index (χ1) is 14.9. The number of nitrogens with zero attached hydrogens (tertiary/aromatic N) is 1. The number of halogens is 3. The van der Waals surface area contributed by atoms with Gasteiger partial charge in [-0.1, -0.05) is 80.6 Å². The third-order valence-electron chi connectivity index (χ3n) is 5.24. The Morgan fingerprint density at radius 3 is 2.26 bits per heavy atom. The van der Waals surface area contributed by atoms with Gasteiger partial charge in [0.25, 0.3) is 6.30 Å². The van der Waals surface area contributed by atoms with Gasteiger partial charge in [-0.3, -0.25) is 0 Å². The number of allylic oxidation sites excluding steroid dienone is 1. The topological polar surface area (TPSA) is 38.7 Å². The molecule has 0 saturated carbocycles. The van der Waals surface area contributed by atoms with Gasteiger partial charge in [-0.2, -0.15) is 4.39 Å². The Bertz CT molecular complexity index is 941. The predicted octanol–water partition coefficient (Wildman–Crippen LogP) is 7.19. The molecule has 0 bridgehead atoms. The number of rotatable bonds is 9. The largest absolute Gasteiger partial charge is 0.416 e. The van der Waals surface area contributed by atoms with Gasteiger partial charge >= 0.3 is 11.8 Å². The highest BCUT2D eigenvalue weighted by molar-refractivity contribution is 6.68. The van der Waals surface area contributed by atoms with E-state index in [1.54, 1.807) is 12.1 Å². The predicted molar refractivity (Wildman–Crippen MR) is 121 cm³/mol. The molecule has 1 heterocycles. The van der Waals surface area contributed by atoms with E-state index in [4.69, 9.17) is 16.3 Å². The second-order valence-corrected chi connectivity index (χ2v) is 8.03. The van der Waals surface area contributed by atoms with Crippen LogP contribution < -0.4 is 0 Å². The minimum absolute atomic E-state index is 0.116. The van der Waals surface area contributed by atoms with Crippen LogP contribution >= 0.6 is 11.6 Å². The number of carbonyl (C=O) groups is 1. The molecule has 6 heteroatoms. The fraction of sp³-hybridized carbons (Fsp3) is 0.360. The Balaban J connectivity index is 1.58. The second kappa shape index (κ2) is 10.7. The van der Waals surface area contributed by atoms with Crippen molar-refractivity contribution < 1.29 is 18.3 Å². The number of hydrogen-bond acceptors (Lipinski definition) is 3. The zero-order chi connectivity index (χ0) is 22.3. The van der Waals surface area contributed by atoms with Crippen LogP contribution in [0.3, 0.4) is 0 Å². The van der Waals surface area contributed by atoms with Crippen molar-refractivity contribution >= 4 is 22.7 Å². The number of benzene rings is 2. The van der Waals surface area contributed by atoms with E-state index in [1.807, 2.05) is 12.1 Å². The molecule has 2 aromatic rings. The Hall–Kier alpha value is -2.53. The van der Waals surface area contributed by atoms with Crippen LogP contribution in [0.5, 0.6) is 0 Å². The Morgan fingerprint density at radius 2 is 1.65 bits per heavy atom. The van der Waals surface area contributed by atoms with Crippen LogP contribution in [0.25, 0.3) is 11.1 Å². The molecule has 2 unspecified atom stereocenters. The number of alkyl halides is 2. The first kappa shape index (κ1) is 23.1. The van der Waals surface area contributed by atoms with Crippen molar-refractivity contribution in [2.24, 2.45) is 4.99 Å². The molecular formula is C25H26ClF2NO2. The monoisotopic (exact) mass is 445 g/mol. The number of esters is 1. The van der Waals surface area contributed by atoms with E-state index in [-0.39, 0.29) is 10.7 Å². The number of aryl methyl sites for hydroxylation is 1. The van der Waals surface area contributed by atoms with E-state index in [2.05, 4.69) is 24.0 Å². The molecule has 0 amide bonds. The molecule has 0 radical (unpaired) electrons. The number of dihydropyridines is 1. The van der Waals surface area contributed by atoms with E-state index in [0.29, 0.717) is 0 Å². The average Bonchev–Trinajstić information content (AvgIpc) is 2.77. The van der Waals surface area contributed by atoms with Gasteiger partial charge in [0.15, 0.2) is 0 Å². The van der Waals surface area contributed by atoms with Crippen LogP contribution in [0.15, 0.2) is 65.7 Å². The average molecular weight is 446 g/mol. The van der Waals surface area contributed by atoms with Crippen LogP contribution in [-0.4, -0.2) is 23.3 Å². The van der Waals surface area contributed by atoms with Gasteiger partial charge in [0, 0.05) is 0 Å². The molecule has 31 heavy (non-hydrogen) atoms. The summed E-state index contributed by atoms with van der Waals surface area (Å²) in [6.45, 7) is 2.21. The Labute approximate surface area is 186 Å². The van der Waals surface area contributed by atoms with Crippen LogP contribution in [0, 0.1) is 0 Å². The first-order valence-electron chi connectivity index (χ1n) is 10.6. The minimum Gasteiger partial charge on any atom is -0.416 e. The van der Waals surface area contributed by atoms with Gasteiger partial charge in [-0.15, -0.1) is 0 Å². The maximum atomic E-state index is 14.5. The molecule has 3 rings (SSSR count). The summed E-state index contributed by atoms with van der Waals surface area (Å²) in [5.41, 5.74) is 3.35. The maximum Gasteiger partial charge on any atom is 0.341 e. The number of ether oxygens (including phenoxy) is 1. The SMILES string of the molecule is CCCCCCCc1ccc(-c2ccc(C(=O)OC3(F)C=CC(Cl)=NC3F)cc2)cc1. The quantitative estimate of drug-likeness (QED) is 0.232. The van der Waals surface area contributed by atoms with Gasteiger partial charge in [0.1, 0.15) is 5.17 Å². The summed E-state index contributed by atoms with van der Waals surface area (Å²) in [7, 11) is 0. The summed E-state index contributed by atoms with van der Waals surface area (Å²) in [5.74, 6) is -3.95. The van der Waals surface area contributed by atoms with Crippen LogP contribution in [0.1, 0.15) is 54.9 Å². The zero-order valence-corrected chi connectivity index (χ0v) is 18.2. The zero-order valence-electron chi connectivity index (χ0n) is 17.5. The molecular weight excluding hydrogens is 420 g/mol. The van der Waals surface area contributed by atoms with Crippen LogP contribution in [0.2, 0.25) is 0 Å². The molecule has 2 atom stereocenters.